The molecule has 1 fully saturated rings. The quantitative estimate of drug-likeness (QED) is 0.823. The molecule has 1 N–H and O–H groups in total. The van der Waals surface area contributed by atoms with E-state index < -0.39 is 10.0 Å². The fourth-order valence-electron chi connectivity index (χ4n) is 3.37. The Morgan fingerprint density at radius 3 is 2.23 bits per heavy atom. The number of piperidine rings is 1. The molecule has 7 heteroatoms. The summed E-state index contributed by atoms with van der Waals surface area (Å²) in [4.78, 5) is 14.8. The van der Waals surface area contributed by atoms with Crippen LogP contribution in [0.1, 0.15) is 47.0 Å². The van der Waals surface area contributed by atoms with Crippen molar-refractivity contribution in [2.45, 2.75) is 70.0 Å². The Bertz CT molecular complexity index is 706. The van der Waals surface area contributed by atoms with Gasteiger partial charge in [0.05, 0.1) is 11.4 Å². The van der Waals surface area contributed by atoms with Crippen LogP contribution in [0.3, 0.4) is 0 Å². The first-order valence-corrected chi connectivity index (χ1v) is 10.7. The summed E-state index contributed by atoms with van der Waals surface area (Å²) < 4.78 is 26.3. The molecule has 1 aliphatic heterocycles. The van der Waals surface area contributed by atoms with E-state index in [0.717, 1.165) is 18.5 Å². The average Bonchev–Trinajstić information content (AvgIpc) is 2.59. The number of nitrogens with zero attached hydrogens (tertiary/aromatic N) is 2. The van der Waals surface area contributed by atoms with E-state index in [-0.39, 0.29) is 35.5 Å². The van der Waals surface area contributed by atoms with Crippen LogP contribution in [0.2, 0.25) is 0 Å². The molecule has 2 rings (SSSR count). The molecule has 1 aromatic carbocycles. The zero-order valence-corrected chi connectivity index (χ0v) is 17.2. The maximum absolute atomic E-state index is 12.5. The number of benzene rings is 1. The van der Waals surface area contributed by atoms with Crippen molar-refractivity contribution in [1.29, 1.82) is 0 Å². The topological polar surface area (TPSA) is 69.7 Å². The fourth-order valence-corrected chi connectivity index (χ4v) is 4.74. The van der Waals surface area contributed by atoms with Gasteiger partial charge in [-0.3, -0.25) is 4.79 Å². The third-order valence-electron chi connectivity index (χ3n) is 5.18. The smallest absolute Gasteiger partial charge is 0.243 e. The van der Waals surface area contributed by atoms with Gasteiger partial charge in [-0.05, 0) is 71.2 Å². The van der Waals surface area contributed by atoms with Crippen molar-refractivity contribution in [2.24, 2.45) is 0 Å². The molecule has 26 heavy (non-hydrogen) atoms. The van der Waals surface area contributed by atoms with Gasteiger partial charge in [-0.1, -0.05) is 0 Å². The lowest BCUT2D eigenvalue weighted by atomic mass is 9.97. The number of rotatable bonds is 6. The molecule has 0 saturated carbocycles. The highest BCUT2D eigenvalue weighted by molar-refractivity contribution is 7.89. The van der Waals surface area contributed by atoms with Gasteiger partial charge >= 0.3 is 0 Å². The second-order valence-electron chi connectivity index (χ2n) is 7.42. The predicted octanol–water partition coefficient (Wildman–Crippen LogP) is 2.92. The minimum absolute atomic E-state index is 0.0842. The minimum atomic E-state index is -3.49. The number of sulfonamides is 1. The van der Waals surface area contributed by atoms with Gasteiger partial charge in [0.15, 0.2) is 0 Å². The van der Waals surface area contributed by atoms with Gasteiger partial charge in [0.1, 0.15) is 0 Å². The number of likely N-dealkylation sites (tertiary alicyclic amines) is 1. The summed E-state index contributed by atoms with van der Waals surface area (Å²) in [6, 6.07) is 7.00. The lowest BCUT2D eigenvalue weighted by Gasteiger charge is -2.39. The van der Waals surface area contributed by atoms with Gasteiger partial charge < -0.3 is 10.2 Å². The van der Waals surface area contributed by atoms with Crippen molar-refractivity contribution in [3.63, 3.8) is 0 Å². The molecule has 0 aliphatic carbocycles. The molecule has 2 atom stereocenters. The number of carbonyl (C=O) groups excluding carboxylic acids is 1. The Morgan fingerprint density at radius 2 is 1.73 bits per heavy atom. The van der Waals surface area contributed by atoms with E-state index in [0.29, 0.717) is 0 Å². The van der Waals surface area contributed by atoms with Gasteiger partial charge in [-0.15, -0.1) is 0 Å². The Morgan fingerprint density at radius 1 is 1.19 bits per heavy atom. The van der Waals surface area contributed by atoms with Crippen LogP contribution in [0, 0.1) is 0 Å². The van der Waals surface area contributed by atoms with Crippen LogP contribution < -0.4 is 5.32 Å². The summed E-state index contributed by atoms with van der Waals surface area (Å²) in [5, 5.41) is 3.11. The molecule has 2 unspecified atom stereocenters. The number of amides is 1. The maximum Gasteiger partial charge on any atom is 0.243 e. The normalized spacial score (nSPS) is 21.3. The Hall–Kier alpha value is -1.60. The molecule has 6 nitrogen and oxygen atoms in total. The lowest BCUT2D eigenvalue weighted by Crippen LogP contribution is -2.49. The molecule has 1 aromatic rings. The molecule has 1 aliphatic rings. The summed E-state index contributed by atoms with van der Waals surface area (Å²) in [6.07, 6.45) is 3.26. The van der Waals surface area contributed by atoms with Gasteiger partial charge in [0.25, 0.3) is 0 Å². The summed E-state index contributed by atoms with van der Waals surface area (Å²) in [5.41, 5.74) is 0.738. The SMILES string of the molecule is CC1CCCC(C)N1C(=O)CNc1ccc(S(=O)(=O)N(C)C(C)C)cc1. The Balaban J connectivity index is 2.00. The van der Waals surface area contributed by atoms with Gasteiger partial charge in [0, 0.05) is 30.9 Å². The third-order valence-corrected chi connectivity index (χ3v) is 7.23. The van der Waals surface area contributed by atoms with Crippen molar-refractivity contribution >= 4 is 21.6 Å². The largest absolute Gasteiger partial charge is 0.376 e. The molecule has 0 bridgehead atoms. The molecule has 0 aromatic heterocycles. The van der Waals surface area contributed by atoms with Crippen LogP contribution in [-0.2, 0) is 14.8 Å². The van der Waals surface area contributed by atoms with Crippen LogP contribution >= 0.6 is 0 Å². The van der Waals surface area contributed by atoms with E-state index in [2.05, 4.69) is 19.2 Å². The molecular formula is C19H31N3O3S. The molecule has 0 radical (unpaired) electrons. The first-order valence-electron chi connectivity index (χ1n) is 9.27. The van der Waals surface area contributed by atoms with Crippen LogP contribution in [0.5, 0.6) is 0 Å². The number of hydrogen-bond acceptors (Lipinski definition) is 4. The van der Waals surface area contributed by atoms with Crippen LogP contribution in [0.15, 0.2) is 29.2 Å². The highest BCUT2D eigenvalue weighted by Crippen LogP contribution is 2.23. The summed E-state index contributed by atoms with van der Waals surface area (Å²) in [6.45, 7) is 8.08. The second kappa shape index (κ2) is 8.39. The van der Waals surface area contributed by atoms with E-state index in [9.17, 15) is 13.2 Å². The number of anilines is 1. The van der Waals surface area contributed by atoms with E-state index in [4.69, 9.17) is 0 Å². The number of carbonyl (C=O) groups is 1. The van der Waals surface area contributed by atoms with E-state index in [1.165, 1.54) is 10.7 Å². The molecular weight excluding hydrogens is 350 g/mol. The van der Waals surface area contributed by atoms with Gasteiger partial charge in [-0.2, -0.15) is 4.31 Å². The summed E-state index contributed by atoms with van der Waals surface area (Å²) in [5.74, 6) is 0.0842. The lowest BCUT2D eigenvalue weighted by molar-refractivity contribution is -0.135. The summed E-state index contributed by atoms with van der Waals surface area (Å²) >= 11 is 0. The monoisotopic (exact) mass is 381 g/mol. The van der Waals surface area contributed by atoms with Crippen molar-refractivity contribution in [2.75, 3.05) is 18.9 Å². The molecule has 1 heterocycles. The fraction of sp³-hybridized carbons (Fsp3) is 0.632. The summed E-state index contributed by atoms with van der Waals surface area (Å²) in [7, 11) is -1.91. The van der Waals surface area contributed by atoms with Crippen molar-refractivity contribution in [3.8, 4) is 0 Å². The first kappa shape index (κ1) is 20.7. The van der Waals surface area contributed by atoms with E-state index in [1.807, 2.05) is 18.7 Å². The first-order chi connectivity index (χ1) is 12.1. The average molecular weight is 382 g/mol. The van der Waals surface area contributed by atoms with Crippen LogP contribution in [0.4, 0.5) is 5.69 Å². The van der Waals surface area contributed by atoms with Crippen LogP contribution in [0.25, 0.3) is 0 Å². The van der Waals surface area contributed by atoms with Crippen LogP contribution in [-0.4, -0.2) is 55.2 Å². The zero-order valence-electron chi connectivity index (χ0n) is 16.4. The Labute approximate surface area is 157 Å². The zero-order chi connectivity index (χ0) is 19.5. The third kappa shape index (κ3) is 4.57. The number of nitrogens with one attached hydrogen (secondary N) is 1. The highest BCUT2D eigenvalue weighted by atomic mass is 32.2. The van der Waals surface area contributed by atoms with Crippen molar-refractivity contribution in [1.82, 2.24) is 9.21 Å². The van der Waals surface area contributed by atoms with Crippen molar-refractivity contribution < 1.29 is 13.2 Å². The maximum atomic E-state index is 12.5. The van der Waals surface area contributed by atoms with Gasteiger partial charge in [-0.25, -0.2) is 8.42 Å². The molecule has 1 saturated heterocycles. The highest BCUT2D eigenvalue weighted by Gasteiger charge is 2.28. The predicted molar refractivity (Wildman–Crippen MR) is 105 cm³/mol. The van der Waals surface area contributed by atoms with E-state index in [1.54, 1.807) is 31.3 Å². The molecule has 146 valence electrons. The second-order valence-corrected chi connectivity index (χ2v) is 9.42. The van der Waals surface area contributed by atoms with Gasteiger partial charge in [0.2, 0.25) is 15.9 Å². The standard InChI is InChI=1S/C19H31N3O3S/c1-14(2)21(5)26(24,25)18-11-9-17(10-12-18)20-13-19(23)22-15(3)7-6-8-16(22)4/h9-12,14-16,20H,6-8,13H2,1-5H3. The Kier molecular flexibility index (Phi) is 6.69. The molecule has 0 spiro atoms. The van der Waals surface area contributed by atoms with E-state index >= 15 is 0 Å². The van der Waals surface area contributed by atoms with Crippen molar-refractivity contribution in [3.05, 3.63) is 24.3 Å². The molecule has 1 amide bonds. The minimum Gasteiger partial charge on any atom is -0.376 e. The number of hydrogen-bond donors (Lipinski definition) is 1.